The van der Waals surface area contributed by atoms with Crippen LogP contribution in [0.1, 0.15) is 38.6 Å². The Morgan fingerprint density at radius 3 is 2.42 bits per heavy atom. The van der Waals surface area contributed by atoms with Crippen molar-refractivity contribution in [3.05, 3.63) is 16.5 Å². The van der Waals surface area contributed by atoms with Crippen molar-refractivity contribution in [2.75, 3.05) is 26.2 Å². The van der Waals surface area contributed by atoms with Crippen LogP contribution in [0.25, 0.3) is 0 Å². The maximum Gasteiger partial charge on any atom is 0.221 e. The third-order valence-electron chi connectivity index (χ3n) is 3.10. The normalized spacial score (nSPS) is 11.1. The van der Waals surface area contributed by atoms with E-state index in [-0.39, 0.29) is 0 Å². The smallest absolute Gasteiger partial charge is 0.221 e. The zero-order valence-electron chi connectivity index (χ0n) is 12.4. The monoisotopic (exact) mass is 285 g/mol. The van der Waals surface area contributed by atoms with Crippen LogP contribution in [-0.2, 0) is 6.42 Å². The maximum atomic E-state index is 6.11. The molecule has 0 atom stereocenters. The highest BCUT2D eigenvalue weighted by atomic mass is 35.5. The van der Waals surface area contributed by atoms with Gasteiger partial charge in [-0.05, 0) is 26.4 Å². The van der Waals surface area contributed by atoms with Crippen LogP contribution in [0, 0.1) is 6.92 Å². The number of hydrogen-bond acceptors (Lipinski definition) is 4. The van der Waals surface area contributed by atoms with E-state index in [4.69, 9.17) is 16.3 Å². The van der Waals surface area contributed by atoms with Crippen molar-refractivity contribution in [2.24, 2.45) is 0 Å². The molecule has 0 fully saturated rings. The van der Waals surface area contributed by atoms with Crippen LogP contribution in [0.15, 0.2) is 0 Å². The molecule has 0 N–H and O–H groups in total. The molecule has 0 saturated heterocycles. The SMILES string of the molecule is CCCc1nc(Cl)c(C)c(OCCN(CC)CC)n1. The predicted octanol–water partition coefficient (Wildman–Crippen LogP) is 3.11. The molecule has 1 aromatic rings. The lowest BCUT2D eigenvalue weighted by molar-refractivity contribution is 0.216. The van der Waals surface area contributed by atoms with Gasteiger partial charge in [0.05, 0.1) is 0 Å². The summed E-state index contributed by atoms with van der Waals surface area (Å²) >= 11 is 6.11. The average Bonchev–Trinajstić information content (AvgIpc) is 2.40. The molecule has 0 aromatic carbocycles. The number of aromatic nitrogens is 2. The van der Waals surface area contributed by atoms with Crippen molar-refractivity contribution in [2.45, 2.75) is 40.5 Å². The molecule has 1 heterocycles. The molecule has 108 valence electrons. The van der Waals surface area contributed by atoms with E-state index >= 15 is 0 Å². The second-order valence-corrected chi connectivity index (χ2v) is 4.84. The van der Waals surface area contributed by atoms with Crippen molar-refractivity contribution in [1.82, 2.24) is 14.9 Å². The van der Waals surface area contributed by atoms with Crippen molar-refractivity contribution in [1.29, 1.82) is 0 Å². The summed E-state index contributed by atoms with van der Waals surface area (Å²) in [6, 6.07) is 0. The van der Waals surface area contributed by atoms with Gasteiger partial charge in [-0.25, -0.2) is 4.98 Å². The predicted molar refractivity (Wildman–Crippen MR) is 79.1 cm³/mol. The Hall–Kier alpha value is -0.870. The van der Waals surface area contributed by atoms with E-state index in [1.54, 1.807) is 0 Å². The molecule has 19 heavy (non-hydrogen) atoms. The van der Waals surface area contributed by atoms with E-state index in [2.05, 4.69) is 35.6 Å². The zero-order valence-corrected chi connectivity index (χ0v) is 13.1. The molecule has 5 heteroatoms. The molecule has 0 spiro atoms. The third kappa shape index (κ3) is 4.96. The first-order valence-electron chi connectivity index (χ1n) is 7.00. The second-order valence-electron chi connectivity index (χ2n) is 4.49. The molecule has 0 amide bonds. The number of likely N-dealkylation sites (N-methyl/N-ethyl adjacent to an activating group) is 1. The highest BCUT2D eigenvalue weighted by Gasteiger charge is 2.10. The van der Waals surface area contributed by atoms with Crippen molar-refractivity contribution >= 4 is 11.6 Å². The van der Waals surface area contributed by atoms with E-state index in [1.165, 1.54) is 0 Å². The van der Waals surface area contributed by atoms with Crippen molar-refractivity contribution in [3.8, 4) is 5.88 Å². The van der Waals surface area contributed by atoms with Gasteiger partial charge < -0.3 is 9.64 Å². The minimum atomic E-state index is 0.497. The summed E-state index contributed by atoms with van der Waals surface area (Å²) in [7, 11) is 0. The van der Waals surface area contributed by atoms with E-state index in [9.17, 15) is 0 Å². The number of nitrogens with zero attached hydrogens (tertiary/aromatic N) is 3. The van der Waals surface area contributed by atoms with E-state index in [1.807, 2.05) is 6.92 Å². The minimum Gasteiger partial charge on any atom is -0.476 e. The lowest BCUT2D eigenvalue weighted by Crippen LogP contribution is -2.28. The lowest BCUT2D eigenvalue weighted by Gasteiger charge is -2.18. The van der Waals surface area contributed by atoms with Crippen LogP contribution in [-0.4, -0.2) is 41.1 Å². The van der Waals surface area contributed by atoms with Gasteiger partial charge in [-0.15, -0.1) is 0 Å². The molecule has 0 unspecified atom stereocenters. The van der Waals surface area contributed by atoms with Gasteiger partial charge in [-0.1, -0.05) is 32.4 Å². The zero-order chi connectivity index (χ0) is 14.3. The molecule has 0 saturated carbocycles. The Labute approximate surface area is 121 Å². The molecule has 1 aromatic heterocycles. The van der Waals surface area contributed by atoms with Gasteiger partial charge >= 0.3 is 0 Å². The van der Waals surface area contributed by atoms with Crippen LogP contribution in [0.5, 0.6) is 5.88 Å². The maximum absolute atomic E-state index is 6.11. The number of hydrogen-bond donors (Lipinski definition) is 0. The van der Waals surface area contributed by atoms with E-state index in [0.29, 0.717) is 17.6 Å². The van der Waals surface area contributed by atoms with Crippen LogP contribution in [0.3, 0.4) is 0 Å². The van der Waals surface area contributed by atoms with Gasteiger partial charge in [0.15, 0.2) is 0 Å². The van der Waals surface area contributed by atoms with Gasteiger partial charge in [-0.3, -0.25) is 0 Å². The summed E-state index contributed by atoms with van der Waals surface area (Å²) < 4.78 is 5.76. The standard InChI is InChI=1S/C14H24ClN3O/c1-5-8-12-16-13(15)11(4)14(17-12)19-10-9-18(6-2)7-3/h5-10H2,1-4H3. The van der Waals surface area contributed by atoms with Crippen LogP contribution >= 0.6 is 11.6 Å². The largest absolute Gasteiger partial charge is 0.476 e. The fourth-order valence-corrected chi connectivity index (χ4v) is 1.98. The number of halogens is 1. The molecule has 4 nitrogen and oxygen atoms in total. The quantitative estimate of drug-likeness (QED) is 0.688. The Morgan fingerprint density at radius 2 is 1.84 bits per heavy atom. The first-order valence-corrected chi connectivity index (χ1v) is 7.38. The highest BCUT2D eigenvalue weighted by Crippen LogP contribution is 2.22. The van der Waals surface area contributed by atoms with Crippen LogP contribution in [0.2, 0.25) is 5.15 Å². The summed E-state index contributed by atoms with van der Waals surface area (Å²) in [6.07, 6.45) is 1.82. The molecule has 1 rings (SSSR count). The van der Waals surface area contributed by atoms with Crippen LogP contribution < -0.4 is 4.74 Å². The number of ether oxygens (including phenoxy) is 1. The van der Waals surface area contributed by atoms with Gasteiger partial charge in [-0.2, -0.15) is 4.98 Å². The summed E-state index contributed by atoms with van der Waals surface area (Å²) in [4.78, 5) is 11.0. The van der Waals surface area contributed by atoms with E-state index in [0.717, 1.165) is 43.9 Å². The van der Waals surface area contributed by atoms with Gasteiger partial charge in [0.1, 0.15) is 17.6 Å². The fraction of sp³-hybridized carbons (Fsp3) is 0.714. The summed E-state index contributed by atoms with van der Waals surface area (Å²) in [5, 5.41) is 0.497. The first kappa shape index (κ1) is 16.2. The van der Waals surface area contributed by atoms with Crippen LogP contribution in [0.4, 0.5) is 0 Å². The second kappa shape index (κ2) is 8.33. The Balaban J connectivity index is 2.66. The summed E-state index contributed by atoms with van der Waals surface area (Å²) in [6.45, 7) is 11.9. The molecule has 0 aliphatic heterocycles. The number of aryl methyl sites for hydroxylation is 1. The average molecular weight is 286 g/mol. The highest BCUT2D eigenvalue weighted by molar-refractivity contribution is 6.30. The Kier molecular flexibility index (Phi) is 7.10. The van der Waals surface area contributed by atoms with Crippen molar-refractivity contribution < 1.29 is 4.74 Å². The van der Waals surface area contributed by atoms with E-state index < -0.39 is 0 Å². The van der Waals surface area contributed by atoms with Gasteiger partial charge in [0.2, 0.25) is 5.88 Å². The third-order valence-corrected chi connectivity index (χ3v) is 3.47. The Morgan fingerprint density at radius 1 is 1.16 bits per heavy atom. The Bertz CT molecular complexity index is 395. The first-order chi connectivity index (χ1) is 9.12. The molecular weight excluding hydrogens is 262 g/mol. The number of rotatable bonds is 8. The topological polar surface area (TPSA) is 38.2 Å². The minimum absolute atomic E-state index is 0.497. The summed E-state index contributed by atoms with van der Waals surface area (Å²) in [5.41, 5.74) is 0.820. The summed E-state index contributed by atoms with van der Waals surface area (Å²) in [5.74, 6) is 1.38. The molecule has 0 bridgehead atoms. The molecule has 0 aliphatic rings. The fourth-order valence-electron chi connectivity index (χ4n) is 1.80. The van der Waals surface area contributed by atoms with Gasteiger partial charge in [0.25, 0.3) is 0 Å². The van der Waals surface area contributed by atoms with Crippen molar-refractivity contribution in [3.63, 3.8) is 0 Å². The molecule has 0 radical (unpaired) electrons. The van der Waals surface area contributed by atoms with Gasteiger partial charge in [0, 0.05) is 18.5 Å². The molecular formula is C14H24ClN3O. The molecule has 0 aliphatic carbocycles. The lowest BCUT2D eigenvalue weighted by atomic mass is 10.3.